The van der Waals surface area contributed by atoms with Gasteiger partial charge in [-0.2, -0.15) is 0 Å². The molecule has 3 aromatic heterocycles. The number of carbonyl (C=O) groups is 1. The predicted octanol–water partition coefficient (Wildman–Crippen LogP) is 2.59. The number of anilines is 1. The van der Waals surface area contributed by atoms with Crippen LogP contribution in [-0.4, -0.2) is 67.5 Å². The van der Waals surface area contributed by atoms with Crippen molar-refractivity contribution in [2.75, 3.05) is 36.8 Å². The van der Waals surface area contributed by atoms with E-state index < -0.39 is 0 Å². The summed E-state index contributed by atoms with van der Waals surface area (Å²) in [6.45, 7) is 5.94. The van der Waals surface area contributed by atoms with Crippen molar-refractivity contribution in [2.45, 2.75) is 25.0 Å². The Kier molecular flexibility index (Phi) is 6.58. The fourth-order valence-electron chi connectivity index (χ4n) is 3.48. The molecule has 0 unspecified atom stereocenters. The van der Waals surface area contributed by atoms with Crippen molar-refractivity contribution in [1.29, 1.82) is 0 Å². The standard InChI is InChI=1S/C21H25N7OS/c1-2-11-28-20(17-6-9-22-10-7-17)24-25-21(28)30-16-19(29)27-14-12-26(13-15-27)18-5-3-4-8-23-18/h3-10H,2,11-16H2,1H3. The fourth-order valence-corrected chi connectivity index (χ4v) is 4.35. The van der Waals surface area contributed by atoms with E-state index in [1.54, 1.807) is 18.6 Å². The Bertz CT molecular complexity index is 956. The summed E-state index contributed by atoms with van der Waals surface area (Å²) in [5.74, 6) is 2.28. The molecule has 0 spiro atoms. The average molecular weight is 424 g/mol. The van der Waals surface area contributed by atoms with Crippen LogP contribution < -0.4 is 4.90 Å². The monoisotopic (exact) mass is 423 g/mol. The molecule has 4 rings (SSSR count). The molecule has 0 saturated carbocycles. The van der Waals surface area contributed by atoms with Gasteiger partial charge < -0.3 is 14.4 Å². The molecule has 0 radical (unpaired) electrons. The van der Waals surface area contributed by atoms with Crippen molar-refractivity contribution in [1.82, 2.24) is 29.6 Å². The first-order valence-electron chi connectivity index (χ1n) is 10.2. The van der Waals surface area contributed by atoms with Gasteiger partial charge in [0.05, 0.1) is 5.75 Å². The van der Waals surface area contributed by atoms with Gasteiger partial charge in [0.15, 0.2) is 11.0 Å². The van der Waals surface area contributed by atoms with Crippen LogP contribution in [0.5, 0.6) is 0 Å². The van der Waals surface area contributed by atoms with E-state index in [0.29, 0.717) is 18.8 Å². The van der Waals surface area contributed by atoms with Gasteiger partial charge in [0.25, 0.3) is 0 Å². The highest BCUT2D eigenvalue weighted by Crippen LogP contribution is 2.24. The maximum atomic E-state index is 12.8. The highest BCUT2D eigenvalue weighted by molar-refractivity contribution is 7.99. The normalized spacial score (nSPS) is 14.2. The second-order valence-corrected chi connectivity index (χ2v) is 7.98. The molecule has 1 fully saturated rings. The quantitative estimate of drug-likeness (QED) is 0.540. The topological polar surface area (TPSA) is 80.0 Å². The third kappa shape index (κ3) is 4.62. The molecule has 1 amide bonds. The zero-order valence-electron chi connectivity index (χ0n) is 17.0. The lowest BCUT2D eigenvalue weighted by molar-refractivity contribution is -0.128. The van der Waals surface area contributed by atoms with Gasteiger partial charge in [-0.1, -0.05) is 24.8 Å². The van der Waals surface area contributed by atoms with Gasteiger partial charge in [0, 0.05) is 56.9 Å². The first kappa shape index (κ1) is 20.3. The van der Waals surface area contributed by atoms with Crippen molar-refractivity contribution in [3.8, 4) is 11.4 Å². The third-order valence-corrected chi connectivity index (χ3v) is 5.98. The number of pyridine rings is 2. The Morgan fingerprint density at radius 3 is 2.53 bits per heavy atom. The number of carbonyl (C=O) groups excluding carboxylic acids is 1. The summed E-state index contributed by atoms with van der Waals surface area (Å²) in [5.41, 5.74) is 0.981. The first-order valence-corrected chi connectivity index (χ1v) is 11.1. The third-order valence-electron chi connectivity index (χ3n) is 5.03. The van der Waals surface area contributed by atoms with E-state index in [-0.39, 0.29) is 5.91 Å². The predicted molar refractivity (Wildman–Crippen MR) is 117 cm³/mol. The van der Waals surface area contributed by atoms with Gasteiger partial charge in [-0.25, -0.2) is 4.98 Å². The smallest absolute Gasteiger partial charge is 0.233 e. The molecule has 4 heterocycles. The van der Waals surface area contributed by atoms with Crippen molar-refractivity contribution in [2.24, 2.45) is 0 Å². The summed E-state index contributed by atoms with van der Waals surface area (Å²) >= 11 is 1.46. The minimum Gasteiger partial charge on any atom is -0.353 e. The number of hydrogen-bond acceptors (Lipinski definition) is 7. The number of aromatic nitrogens is 5. The summed E-state index contributed by atoms with van der Waals surface area (Å²) in [4.78, 5) is 25.4. The van der Waals surface area contributed by atoms with E-state index in [4.69, 9.17) is 0 Å². The van der Waals surface area contributed by atoms with E-state index >= 15 is 0 Å². The number of nitrogens with zero attached hydrogens (tertiary/aromatic N) is 7. The maximum Gasteiger partial charge on any atom is 0.233 e. The Morgan fingerprint density at radius 2 is 1.83 bits per heavy atom. The lowest BCUT2D eigenvalue weighted by Crippen LogP contribution is -2.49. The van der Waals surface area contributed by atoms with E-state index in [9.17, 15) is 4.79 Å². The molecule has 0 N–H and O–H groups in total. The van der Waals surface area contributed by atoms with Crippen LogP contribution in [0.15, 0.2) is 54.1 Å². The lowest BCUT2D eigenvalue weighted by Gasteiger charge is -2.35. The summed E-state index contributed by atoms with van der Waals surface area (Å²) in [6, 6.07) is 9.77. The van der Waals surface area contributed by atoms with Crippen LogP contribution in [0.2, 0.25) is 0 Å². The van der Waals surface area contributed by atoms with Gasteiger partial charge in [-0.3, -0.25) is 9.78 Å². The van der Waals surface area contributed by atoms with Crippen LogP contribution in [0, 0.1) is 0 Å². The molecule has 1 aliphatic rings. The number of amides is 1. The van der Waals surface area contributed by atoms with Crippen molar-refractivity contribution in [3.63, 3.8) is 0 Å². The average Bonchev–Trinajstić information content (AvgIpc) is 3.21. The molecule has 30 heavy (non-hydrogen) atoms. The van der Waals surface area contributed by atoms with Crippen molar-refractivity contribution < 1.29 is 4.79 Å². The van der Waals surface area contributed by atoms with Crippen LogP contribution in [0.1, 0.15) is 13.3 Å². The minimum atomic E-state index is 0.136. The van der Waals surface area contributed by atoms with E-state index in [1.807, 2.05) is 35.2 Å². The fraction of sp³-hybridized carbons (Fsp3) is 0.381. The molecular formula is C21H25N7OS. The molecule has 156 valence electrons. The number of thioether (sulfide) groups is 1. The van der Waals surface area contributed by atoms with Crippen LogP contribution in [0.3, 0.4) is 0 Å². The van der Waals surface area contributed by atoms with E-state index in [2.05, 4.69) is 36.6 Å². The van der Waals surface area contributed by atoms with Crippen molar-refractivity contribution in [3.05, 3.63) is 48.9 Å². The summed E-state index contributed by atoms with van der Waals surface area (Å²) < 4.78 is 2.09. The van der Waals surface area contributed by atoms with Gasteiger partial charge in [0.1, 0.15) is 5.82 Å². The molecule has 9 heteroatoms. The summed E-state index contributed by atoms with van der Waals surface area (Å²) in [5, 5.41) is 9.49. The van der Waals surface area contributed by atoms with Gasteiger partial charge in [-0.05, 0) is 30.7 Å². The largest absolute Gasteiger partial charge is 0.353 e. The van der Waals surface area contributed by atoms with Crippen LogP contribution in [0.25, 0.3) is 11.4 Å². The Balaban J connectivity index is 1.36. The second-order valence-electron chi connectivity index (χ2n) is 7.04. The number of hydrogen-bond donors (Lipinski definition) is 0. The highest BCUT2D eigenvalue weighted by atomic mass is 32.2. The SMILES string of the molecule is CCCn1c(SCC(=O)N2CCN(c3ccccn3)CC2)nnc1-c1ccncc1. The lowest BCUT2D eigenvalue weighted by atomic mass is 10.2. The Hall–Kier alpha value is -2.94. The van der Waals surface area contributed by atoms with Gasteiger partial charge >= 0.3 is 0 Å². The molecule has 8 nitrogen and oxygen atoms in total. The molecule has 0 aliphatic carbocycles. The molecule has 0 atom stereocenters. The summed E-state index contributed by atoms with van der Waals surface area (Å²) in [7, 11) is 0. The Labute approximate surface area is 180 Å². The van der Waals surface area contributed by atoms with Crippen LogP contribution >= 0.6 is 11.8 Å². The van der Waals surface area contributed by atoms with E-state index in [0.717, 1.165) is 48.4 Å². The molecule has 0 bridgehead atoms. The maximum absolute atomic E-state index is 12.8. The van der Waals surface area contributed by atoms with Crippen molar-refractivity contribution >= 4 is 23.5 Å². The zero-order chi connectivity index (χ0) is 20.8. The van der Waals surface area contributed by atoms with Crippen LogP contribution in [0.4, 0.5) is 5.82 Å². The second kappa shape index (κ2) is 9.71. The van der Waals surface area contributed by atoms with Gasteiger partial charge in [-0.15, -0.1) is 10.2 Å². The van der Waals surface area contributed by atoms with E-state index in [1.165, 1.54) is 11.8 Å². The molecule has 1 saturated heterocycles. The van der Waals surface area contributed by atoms with Crippen LogP contribution in [-0.2, 0) is 11.3 Å². The Morgan fingerprint density at radius 1 is 1.03 bits per heavy atom. The zero-order valence-corrected chi connectivity index (χ0v) is 17.8. The molecule has 0 aromatic carbocycles. The van der Waals surface area contributed by atoms with Gasteiger partial charge in [0.2, 0.25) is 5.91 Å². The first-order chi connectivity index (χ1) is 14.8. The number of rotatable bonds is 7. The molecular weight excluding hydrogens is 398 g/mol. The number of piperazine rings is 1. The minimum absolute atomic E-state index is 0.136. The molecule has 3 aromatic rings. The highest BCUT2D eigenvalue weighted by Gasteiger charge is 2.23. The molecule has 1 aliphatic heterocycles. The summed E-state index contributed by atoms with van der Waals surface area (Å²) in [6.07, 6.45) is 6.27.